The normalized spacial score (nSPS) is 10.9. The molecule has 2 N–H and O–H groups in total. The lowest BCUT2D eigenvalue weighted by molar-refractivity contribution is -0.136. The van der Waals surface area contributed by atoms with Gasteiger partial charge in [0.1, 0.15) is 6.07 Å². The van der Waals surface area contributed by atoms with Crippen LogP contribution in [-0.4, -0.2) is 26.0 Å². The van der Waals surface area contributed by atoms with Gasteiger partial charge in [-0.3, -0.25) is 4.79 Å². The van der Waals surface area contributed by atoms with Crippen molar-refractivity contribution in [3.8, 4) is 6.07 Å². The molecule has 0 aromatic carbocycles. The van der Waals surface area contributed by atoms with E-state index in [-0.39, 0.29) is 18.7 Å². The first-order chi connectivity index (χ1) is 7.45. The van der Waals surface area contributed by atoms with Crippen LogP contribution in [0.25, 0.3) is 0 Å². The van der Waals surface area contributed by atoms with Gasteiger partial charge in [0.05, 0.1) is 6.42 Å². The highest BCUT2D eigenvalue weighted by molar-refractivity contribution is 7.89. The van der Waals surface area contributed by atoms with E-state index in [2.05, 4.69) is 0 Å². The number of carboxylic acid groups (broad SMARTS) is 1. The Bertz CT molecular complexity index is 525. The van der Waals surface area contributed by atoms with E-state index in [1.165, 1.54) is 6.07 Å². The van der Waals surface area contributed by atoms with Gasteiger partial charge in [0, 0.05) is 6.54 Å². The van der Waals surface area contributed by atoms with Gasteiger partial charge in [-0.1, -0.05) is 0 Å². The molecule has 0 saturated heterocycles. The van der Waals surface area contributed by atoms with Crippen molar-refractivity contribution in [3.63, 3.8) is 0 Å². The van der Waals surface area contributed by atoms with Crippen LogP contribution < -0.4 is 4.72 Å². The molecule has 0 aliphatic carbocycles. The second kappa shape index (κ2) is 4.78. The highest BCUT2D eigenvalue weighted by Gasteiger charge is 2.18. The van der Waals surface area contributed by atoms with Crippen molar-refractivity contribution in [2.24, 2.45) is 0 Å². The molecule has 0 bridgehead atoms. The average Bonchev–Trinajstić information content (AvgIpc) is 2.65. The van der Waals surface area contributed by atoms with Crippen molar-refractivity contribution in [1.82, 2.24) is 4.72 Å². The zero-order chi connectivity index (χ0) is 12.2. The van der Waals surface area contributed by atoms with E-state index in [0.29, 0.717) is 0 Å². The van der Waals surface area contributed by atoms with Crippen molar-refractivity contribution in [3.05, 3.63) is 17.9 Å². The van der Waals surface area contributed by atoms with Gasteiger partial charge < -0.3 is 9.52 Å². The molecule has 0 saturated carbocycles. The smallest absolute Gasteiger partial charge is 0.304 e. The van der Waals surface area contributed by atoms with Crippen molar-refractivity contribution in [2.75, 3.05) is 6.54 Å². The molecule has 1 rings (SSSR count). The molecule has 1 aromatic heterocycles. The van der Waals surface area contributed by atoms with Crippen molar-refractivity contribution < 1.29 is 22.7 Å². The first-order valence-electron chi connectivity index (χ1n) is 4.17. The predicted molar refractivity (Wildman–Crippen MR) is 50.9 cm³/mol. The number of furan rings is 1. The Kier molecular flexibility index (Phi) is 3.65. The van der Waals surface area contributed by atoms with Crippen LogP contribution in [0.4, 0.5) is 0 Å². The Hall–Kier alpha value is -1.85. The minimum absolute atomic E-state index is 0.126. The lowest BCUT2D eigenvalue weighted by Crippen LogP contribution is -2.25. The molecule has 7 nitrogen and oxygen atoms in total. The summed E-state index contributed by atoms with van der Waals surface area (Å²) in [7, 11) is -3.88. The van der Waals surface area contributed by atoms with Gasteiger partial charge >= 0.3 is 5.97 Å². The standard InChI is InChI=1S/C8H8N2O5S/c9-5-6-1-2-8(15-6)16(13,14)10-4-3-7(11)12/h1-2,10H,3-4H2,(H,11,12). The first kappa shape index (κ1) is 12.2. The Morgan fingerprint density at radius 1 is 1.56 bits per heavy atom. The molecular formula is C8H8N2O5S. The van der Waals surface area contributed by atoms with Crippen LogP contribution in [0.3, 0.4) is 0 Å². The number of carboxylic acids is 1. The van der Waals surface area contributed by atoms with E-state index in [9.17, 15) is 13.2 Å². The molecule has 86 valence electrons. The van der Waals surface area contributed by atoms with Gasteiger partial charge in [0.15, 0.2) is 0 Å². The minimum atomic E-state index is -3.88. The summed E-state index contributed by atoms with van der Waals surface area (Å²) < 4.78 is 29.6. The molecule has 0 aliphatic heterocycles. The number of hydrogen-bond donors (Lipinski definition) is 2. The molecule has 1 aromatic rings. The van der Waals surface area contributed by atoms with Crippen LogP contribution in [0.5, 0.6) is 0 Å². The zero-order valence-corrected chi connectivity index (χ0v) is 8.82. The first-order valence-corrected chi connectivity index (χ1v) is 5.65. The Labute approximate surface area is 91.3 Å². The molecule has 0 amide bonds. The van der Waals surface area contributed by atoms with Gasteiger partial charge in [0.2, 0.25) is 10.9 Å². The summed E-state index contributed by atoms with van der Waals surface area (Å²) >= 11 is 0. The van der Waals surface area contributed by atoms with Crippen LogP contribution >= 0.6 is 0 Å². The molecule has 1 heterocycles. The number of sulfonamides is 1. The number of nitrogens with one attached hydrogen (secondary N) is 1. The molecule has 0 aliphatic rings. The maximum absolute atomic E-state index is 11.4. The summed E-state index contributed by atoms with van der Waals surface area (Å²) in [6.07, 6.45) is -0.328. The number of rotatable bonds is 5. The molecule has 0 fully saturated rings. The summed E-state index contributed by atoms with van der Waals surface area (Å²) in [5.41, 5.74) is 0. The number of hydrogen-bond acceptors (Lipinski definition) is 5. The summed E-state index contributed by atoms with van der Waals surface area (Å²) in [6, 6.07) is 3.98. The van der Waals surface area contributed by atoms with E-state index < -0.39 is 21.1 Å². The number of nitriles is 1. The van der Waals surface area contributed by atoms with Crippen LogP contribution in [0, 0.1) is 11.3 Å². The van der Waals surface area contributed by atoms with E-state index in [1.54, 1.807) is 6.07 Å². The lowest BCUT2D eigenvalue weighted by Gasteiger charge is -2.01. The maximum atomic E-state index is 11.4. The third-order valence-electron chi connectivity index (χ3n) is 1.59. The third-order valence-corrected chi connectivity index (χ3v) is 2.92. The average molecular weight is 244 g/mol. The molecule has 0 radical (unpaired) electrons. The molecular weight excluding hydrogens is 236 g/mol. The van der Waals surface area contributed by atoms with Crippen molar-refractivity contribution in [1.29, 1.82) is 5.26 Å². The van der Waals surface area contributed by atoms with Gasteiger partial charge in [-0.05, 0) is 12.1 Å². The second-order valence-electron chi connectivity index (χ2n) is 2.77. The third kappa shape index (κ3) is 3.08. The fourth-order valence-electron chi connectivity index (χ4n) is 0.888. The SMILES string of the molecule is N#Cc1ccc(S(=O)(=O)NCCC(=O)O)o1. The monoisotopic (exact) mass is 244 g/mol. The van der Waals surface area contributed by atoms with Crippen LogP contribution in [0.2, 0.25) is 0 Å². The largest absolute Gasteiger partial charge is 0.481 e. The van der Waals surface area contributed by atoms with Gasteiger partial charge in [-0.25, -0.2) is 13.1 Å². The van der Waals surface area contributed by atoms with Crippen molar-refractivity contribution >= 4 is 16.0 Å². The van der Waals surface area contributed by atoms with Gasteiger partial charge in [-0.2, -0.15) is 5.26 Å². The van der Waals surface area contributed by atoms with Gasteiger partial charge in [-0.15, -0.1) is 0 Å². The quantitative estimate of drug-likeness (QED) is 0.746. The number of nitrogens with zero attached hydrogens (tertiary/aromatic N) is 1. The Morgan fingerprint density at radius 3 is 2.75 bits per heavy atom. The number of carbonyl (C=O) groups is 1. The molecule has 8 heteroatoms. The number of aliphatic carboxylic acids is 1. The zero-order valence-electron chi connectivity index (χ0n) is 8.00. The molecule has 0 spiro atoms. The summed E-state index contributed by atoms with van der Waals surface area (Å²) in [4.78, 5) is 10.2. The summed E-state index contributed by atoms with van der Waals surface area (Å²) in [5, 5.41) is 16.3. The topological polar surface area (TPSA) is 120 Å². The second-order valence-corrected chi connectivity index (χ2v) is 4.47. The lowest BCUT2D eigenvalue weighted by atomic mass is 10.5. The van der Waals surface area contributed by atoms with E-state index in [1.807, 2.05) is 4.72 Å². The van der Waals surface area contributed by atoms with E-state index in [0.717, 1.165) is 6.07 Å². The Morgan fingerprint density at radius 2 is 2.25 bits per heavy atom. The minimum Gasteiger partial charge on any atom is -0.481 e. The highest BCUT2D eigenvalue weighted by Crippen LogP contribution is 2.12. The summed E-state index contributed by atoms with van der Waals surface area (Å²) in [6.45, 7) is -0.236. The summed E-state index contributed by atoms with van der Waals surface area (Å²) in [5.74, 6) is -1.24. The Balaban J connectivity index is 2.71. The van der Waals surface area contributed by atoms with Crippen LogP contribution in [0.1, 0.15) is 12.2 Å². The fraction of sp³-hybridized carbons (Fsp3) is 0.250. The van der Waals surface area contributed by atoms with Crippen LogP contribution in [-0.2, 0) is 14.8 Å². The molecule has 0 unspecified atom stereocenters. The van der Waals surface area contributed by atoms with Gasteiger partial charge in [0.25, 0.3) is 10.0 Å². The van der Waals surface area contributed by atoms with E-state index >= 15 is 0 Å². The molecule has 0 atom stereocenters. The van der Waals surface area contributed by atoms with E-state index in [4.69, 9.17) is 14.8 Å². The van der Waals surface area contributed by atoms with Crippen LogP contribution in [0.15, 0.2) is 21.6 Å². The predicted octanol–water partition coefficient (Wildman–Crippen LogP) is -0.0957. The van der Waals surface area contributed by atoms with Crippen molar-refractivity contribution in [2.45, 2.75) is 11.5 Å². The fourth-order valence-corrected chi connectivity index (χ4v) is 1.85. The highest BCUT2D eigenvalue weighted by atomic mass is 32.2. The maximum Gasteiger partial charge on any atom is 0.304 e. The molecule has 16 heavy (non-hydrogen) atoms.